The average Bonchev–Trinajstić information content (AvgIpc) is 2.79. The van der Waals surface area contributed by atoms with Gasteiger partial charge in [0.15, 0.2) is 0 Å². The van der Waals surface area contributed by atoms with Crippen LogP contribution in [-0.4, -0.2) is 12.6 Å². The lowest BCUT2D eigenvalue weighted by molar-refractivity contribution is -0.155. The minimum atomic E-state index is 0.0715. The molecule has 3 rings (SSSR count). The molecule has 0 aromatic heterocycles. The number of carbonyl (C=O) groups excluding carboxylic acids is 1. The molecule has 1 aliphatic heterocycles. The molecule has 0 aromatic rings. The summed E-state index contributed by atoms with van der Waals surface area (Å²) in [6, 6.07) is 0. The molecular formula is C12H16O2. The summed E-state index contributed by atoms with van der Waals surface area (Å²) in [5, 5.41) is 0. The largest absolute Gasteiger partial charge is 0.465 e. The maximum atomic E-state index is 11.6. The number of cyclic esters (lactones) is 1. The third kappa shape index (κ3) is 1.20. The summed E-state index contributed by atoms with van der Waals surface area (Å²) in [5.74, 6) is 2.32. The second kappa shape index (κ2) is 3.11. The summed E-state index contributed by atoms with van der Waals surface area (Å²) in [7, 11) is 0. The molecule has 76 valence electrons. The Balaban J connectivity index is 1.76. The van der Waals surface area contributed by atoms with Crippen LogP contribution in [0.5, 0.6) is 0 Å². The lowest BCUT2D eigenvalue weighted by atomic mass is 9.79. The third-order valence-corrected chi connectivity index (χ3v) is 4.05. The quantitative estimate of drug-likeness (QED) is 0.470. The van der Waals surface area contributed by atoms with E-state index in [1.807, 2.05) is 0 Å². The average molecular weight is 192 g/mol. The molecule has 4 unspecified atom stereocenters. The summed E-state index contributed by atoms with van der Waals surface area (Å²) in [5.41, 5.74) is 0. The van der Waals surface area contributed by atoms with E-state index < -0.39 is 0 Å². The van der Waals surface area contributed by atoms with Crippen molar-refractivity contribution in [2.45, 2.75) is 25.7 Å². The van der Waals surface area contributed by atoms with Gasteiger partial charge >= 0.3 is 5.97 Å². The Labute approximate surface area is 84.3 Å². The summed E-state index contributed by atoms with van der Waals surface area (Å²) in [6.07, 6.45) is 9.28. The maximum absolute atomic E-state index is 11.6. The van der Waals surface area contributed by atoms with Crippen molar-refractivity contribution in [3.05, 3.63) is 12.2 Å². The number of rotatable bonds is 1. The lowest BCUT2D eigenvalue weighted by Crippen LogP contribution is -2.32. The van der Waals surface area contributed by atoms with Crippen LogP contribution < -0.4 is 0 Å². The Hall–Kier alpha value is -0.790. The molecule has 3 aliphatic rings. The van der Waals surface area contributed by atoms with Crippen LogP contribution in [0.4, 0.5) is 0 Å². The van der Waals surface area contributed by atoms with E-state index >= 15 is 0 Å². The van der Waals surface area contributed by atoms with Gasteiger partial charge in [-0.25, -0.2) is 0 Å². The Morgan fingerprint density at radius 1 is 1.29 bits per heavy atom. The van der Waals surface area contributed by atoms with E-state index in [9.17, 15) is 4.79 Å². The molecule has 0 N–H and O–H groups in total. The molecule has 0 radical (unpaired) electrons. The molecule has 14 heavy (non-hydrogen) atoms. The molecule has 2 nitrogen and oxygen atoms in total. The number of fused-ring (bicyclic) bond motifs is 2. The third-order valence-electron chi connectivity index (χ3n) is 4.05. The van der Waals surface area contributed by atoms with Crippen LogP contribution in [0.15, 0.2) is 12.2 Å². The van der Waals surface area contributed by atoms with Gasteiger partial charge in [0.25, 0.3) is 0 Å². The zero-order valence-corrected chi connectivity index (χ0v) is 8.32. The second-order valence-electron chi connectivity index (χ2n) is 4.86. The number of ether oxygens (including phenoxy) is 1. The van der Waals surface area contributed by atoms with Crippen LogP contribution in [0.25, 0.3) is 0 Å². The van der Waals surface area contributed by atoms with Crippen LogP contribution in [0.2, 0.25) is 0 Å². The van der Waals surface area contributed by atoms with Crippen molar-refractivity contribution < 1.29 is 9.53 Å². The molecule has 2 aliphatic carbocycles. The van der Waals surface area contributed by atoms with E-state index in [4.69, 9.17) is 4.74 Å². The van der Waals surface area contributed by atoms with Crippen molar-refractivity contribution in [1.82, 2.24) is 0 Å². The zero-order chi connectivity index (χ0) is 9.54. The fraction of sp³-hybridized carbons (Fsp3) is 0.750. The van der Waals surface area contributed by atoms with Gasteiger partial charge in [-0.15, -0.1) is 0 Å². The minimum absolute atomic E-state index is 0.0715. The maximum Gasteiger partial charge on any atom is 0.309 e. The summed E-state index contributed by atoms with van der Waals surface area (Å²) < 4.78 is 5.15. The van der Waals surface area contributed by atoms with Gasteiger partial charge in [0.1, 0.15) is 0 Å². The molecule has 2 heteroatoms. The van der Waals surface area contributed by atoms with E-state index in [0.29, 0.717) is 18.4 Å². The predicted octanol–water partition coefficient (Wildman–Crippen LogP) is 2.15. The SMILES string of the molecule is O=C1OCCCC1C1CC2C=CC1C2. The van der Waals surface area contributed by atoms with Crippen molar-refractivity contribution in [3.8, 4) is 0 Å². The van der Waals surface area contributed by atoms with E-state index in [1.54, 1.807) is 0 Å². The van der Waals surface area contributed by atoms with E-state index in [2.05, 4.69) is 12.2 Å². The fourth-order valence-corrected chi connectivity index (χ4v) is 3.38. The predicted molar refractivity (Wildman–Crippen MR) is 52.5 cm³/mol. The van der Waals surface area contributed by atoms with Crippen LogP contribution in [-0.2, 0) is 9.53 Å². The summed E-state index contributed by atoms with van der Waals surface area (Å²) >= 11 is 0. The highest BCUT2D eigenvalue weighted by atomic mass is 16.5. The molecule has 4 atom stereocenters. The first-order chi connectivity index (χ1) is 6.84. The highest BCUT2D eigenvalue weighted by Crippen LogP contribution is 2.48. The van der Waals surface area contributed by atoms with Crippen LogP contribution in [0.3, 0.4) is 0 Å². The summed E-state index contributed by atoms with van der Waals surface area (Å²) in [4.78, 5) is 11.6. The number of hydrogen-bond donors (Lipinski definition) is 0. The van der Waals surface area contributed by atoms with Gasteiger partial charge < -0.3 is 4.74 Å². The highest BCUT2D eigenvalue weighted by Gasteiger charge is 2.43. The molecule has 1 heterocycles. The van der Waals surface area contributed by atoms with Crippen molar-refractivity contribution in [1.29, 1.82) is 0 Å². The van der Waals surface area contributed by atoms with E-state index in [0.717, 1.165) is 18.8 Å². The van der Waals surface area contributed by atoms with Gasteiger partial charge in [-0.2, -0.15) is 0 Å². The fourth-order valence-electron chi connectivity index (χ4n) is 3.38. The van der Waals surface area contributed by atoms with Gasteiger partial charge in [-0.05, 0) is 43.4 Å². The number of carbonyl (C=O) groups is 1. The van der Waals surface area contributed by atoms with Gasteiger partial charge in [-0.1, -0.05) is 12.2 Å². The van der Waals surface area contributed by atoms with Crippen molar-refractivity contribution in [2.75, 3.05) is 6.61 Å². The Kier molecular flexibility index (Phi) is 1.89. The van der Waals surface area contributed by atoms with E-state index in [1.165, 1.54) is 12.8 Å². The first kappa shape index (κ1) is 8.51. The summed E-state index contributed by atoms with van der Waals surface area (Å²) in [6.45, 7) is 0.645. The van der Waals surface area contributed by atoms with Crippen molar-refractivity contribution in [3.63, 3.8) is 0 Å². The van der Waals surface area contributed by atoms with Crippen LogP contribution >= 0.6 is 0 Å². The van der Waals surface area contributed by atoms with Crippen LogP contribution in [0, 0.1) is 23.7 Å². The second-order valence-corrected chi connectivity index (χ2v) is 4.86. The lowest BCUT2D eigenvalue weighted by Gasteiger charge is -2.29. The van der Waals surface area contributed by atoms with Gasteiger partial charge in [0, 0.05) is 0 Å². The van der Waals surface area contributed by atoms with Crippen LogP contribution in [0.1, 0.15) is 25.7 Å². The number of esters is 1. The monoisotopic (exact) mass is 192 g/mol. The van der Waals surface area contributed by atoms with Crippen molar-refractivity contribution in [2.24, 2.45) is 23.7 Å². The molecule has 0 spiro atoms. The standard InChI is InChI=1S/C12H16O2/c13-12-10(2-1-5-14-12)11-7-8-3-4-9(11)6-8/h3-4,8-11H,1-2,5-7H2. The Morgan fingerprint density at radius 2 is 2.21 bits per heavy atom. The zero-order valence-electron chi connectivity index (χ0n) is 8.32. The van der Waals surface area contributed by atoms with Gasteiger partial charge in [0.2, 0.25) is 0 Å². The highest BCUT2D eigenvalue weighted by molar-refractivity contribution is 5.73. The first-order valence-corrected chi connectivity index (χ1v) is 5.69. The minimum Gasteiger partial charge on any atom is -0.465 e. The molecule has 1 saturated heterocycles. The van der Waals surface area contributed by atoms with Gasteiger partial charge in [-0.3, -0.25) is 4.79 Å². The number of allylic oxidation sites excluding steroid dienone is 2. The number of hydrogen-bond acceptors (Lipinski definition) is 2. The topological polar surface area (TPSA) is 26.3 Å². The molecule has 0 aromatic carbocycles. The molecule has 2 bridgehead atoms. The van der Waals surface area contributed by atoms with E-state index in [-0.39, 0.29) is 11.9 Å². The Bertz CT molecular complexity index is 282. The molecular weight excluding hydrogens is 176 g/mol. The molecule has 1 saturated carbocycles. The first-order valence-electron chi connectivity index (χ1n) is 5.69. The molecule has 2 fully saturated rings. The smallest absolute Gasteiger partial charge is 0.309 e. The Morgan fingerprint density at radius 3 is 2.86 bits per heavy atom. The molecule has 0 amide bonds. The van der Waals surface area contributed by atoms with Crippen molar-refractivity contribution >= 4 is 5.97 Å². The normalized spacial score (nSPS) is 45.6. The van der Waals surface area contributed by atoms with Gasteiger partial charge in [0.05, 0.1) is 12.5 Å².